The number of carboxylic acid groups (broad SMARTS) is 1. The highest BCUT2D eigenvalue weighted by Crippen LogP contribution is 2.32. The Bertz CT molecular complexity index is 1420. The summed E-state index contributed by atoms with van der Waals surface area (Å²) >= 11 is 30.2. The molecule has 1 aliphatic rings. The van der Waals surface area contributed by atoms with Crippen molar-refractivity contribution < 1.29 is 57.6 Å². The zero-order chi connectivity index (χ0) is 39.2. The molecule has 1 fully saturated rings. The van der Waals surface area contributed by atoms with E-state index in [1.54, 1.807) is 0 Å². The molecule has 22 heteroatoms. The summed E-state index contributed by atoms with van der Waals surface area (Å²) in [4.78, 5) is 65.7. The van der Waals surface area contributed by atoms with Gasteiger partial charge >= 0.3 is 44.3 Å². The molecule has 6 N–H and O–H groups in total. The molecule has 3 amide bonds. The van der Waals surface area contributed by atoms with Crippen LogP contribution >= 0.6 is 69.6 Å². The third kappa shape index (κ3) is 24.5. The number of hydrogen-bond acceptors (Lipinski definition) is 12. The van der Waals surface area contributed by atoms with E-state index in [0.717, 1.165) is 11.1 Å². The number of benzene rings is 2. The minimum absolute atomic E-state index is 0.206. The van der Waals surface area contributed by atoms with Crippen molar-refractivity contribution in [2.75, 3.05) is 13.1 Å². The van der Waals surface area contributed by atoms with Gasteiger partial charge < -0.3 is 50.5 Å². The second-order valence-corrected chi connectivity index (χ2v) is 14.3. The van der Waals surface area contributed by atoms with Gasteiger partial charge in [-0.05, 0) is 106 Å². The van der Waals surface area contributed by atoms with Crippen LogP contribution in [0.4, 0.5) is 19.2 Å². The van der Waals surface area contributed by atoms with Gasteiger partial charge in [-0.25, -0.2) is 24.0 Å². The smallest absolute Gasteiger partial charge is 0.480 e. The van der Waals surface area contributed by atoms with Crippen LogP contribution in [0, 0.1) is 0 Å². The quantitative estimate of drug-likeness (QED) is 0.0495. The highest BCUT2D eigenvalue weighted by atomic mass is 35.6. The lowest BCUT2D eigenvalue weighted by molar-refractivity contribution is -0.138. The van der Waals surface area contributed by atoms with Crippen molar-refractivity contribution in [3.05, 3.63) is 71.8 Å². The lowest BCUT2D eigenvalue weighted by Gasteiger charge is -2.15. The number of carboxylic acids is 1. The van der Waals surface area contributed by atoms with Crippen molar-refractivity contribution >= 4 is 106 Å². The minimum Gasteiger partial charge on any atom is -0.480 e. The van der Waals surface area contributed by atoms with Crippen LogP contribution in [0.1, 0.15) is 36.8 Å². The van der Waals surface area contributed by atoms with E-state index in [1.165, 1.54) is 0 Å². The van der Waals surface area contributed by atoms with Gasteiger partial charge in [-0.1, -0.05) is 60.7 Å². The van der Waals surface area contributed by atoms with Crippen LogP contribution in [0.25, 0.3) is 0 Å². The molecule has 16 nitrogen and oxygen atoms in total. The zero-order valence-electron chi connectivity index (χ0n) is 26.9. The summed E-state index contributed by atoms with van der Waals surface area (Å²) in [6, 6.07) is 17.2. The third-order valence-electron chi connectivity index (χ3n) is 5.81. The van der Waals surface area contributed by atoms with Gasteiger partial charge in [0.05, 0.1) is 0 Å². The molecule has 3 rings (SSSR count). The fourth-order valence-corrected chi connectivity index (χ4v) is 3.85. The number of hydrogen-bond donors (Lipinski definition) is 5. The molecule has 0 aromatic heterocycles. The second-order valence-electron chi connectivity index (χ2n) is 9.96. The SMILES string of the molecule is N[C@@H](CCCNC(=O)OCc1ccccc1)C(=O)O.O=C(NCCC[C@@H]1NC(=O)OC1=O)OCc1ccccc1.O=C(OC(Cl)(Cl)Cl)OC(Cl)(Cl)Cl. The maximum absolute atomic E-state index is 11.4. The highest BCUT2D eigenvalue weighted by molar-refractivity contribution is 6.67. The van der Waals surface area contributed by atoms with Crippen LogP contribution in [0.3, 0.4) is 0 Å². The van der Waals surface area contributed by atoms with E-state index < -0.39 is 56.4 Å². The maximum Gasteiger partial charge on any atom is 0.515 e. The first-order valence-electron chi connectivity index (χ1n) is 14.8. The maximum atomic E-state index is 11.4. The Hall–Kier alpha value is -3.64. The van der Waals surface area contributed by atoms with Crippen molar-refractivity contribution in [2.45, 2.75) is 58.9 Å². The number of amides is 3. The number of rotatable bonds is 13. The number of nitrogens with two attached hydrogens (primary N) is 1. The molecule has 0 spiro atoms. The molecule has 288 valence electrons. The highest BCUT2D eigenvalue weighted by Gasteiger charge is 2.33. The summed E-state index contributed by atoms with van der Waals surface area (Å²) < 4.78 is 17.9. The number of nitrogens with one attached hydrogen (secondary N) is 3. The normalized spacial score (nSPS) is 14.0. The Morgan fingerprint density at radius 3 is 1.62 bits per heavy atom. The van der Waals surface area contributed by atoms with E-state index in [4.69, 9.17) is 89.9 Å². The van der Waals surface area contributed by atoms with Gasteiger partial charge in [-0.3, -0.25) is 4.79 Å². The number of halogens is 6. The second kappa shape index (κ2) is 24.6. The van der Waals surface area contributed by atoms with Crippen LogP contribution in [0.15, 0.2) is 60.7 Å². The first-order chi connectivity index (χ1) is 24.3. The molecule has 0 saturated carbocycles. The molecule has 2 aromatic rings. The zero-order valence-corrected chi connectivity index (χ0v) is 31.4. The largest absolute Gasteiger partial charge is 0.515 e. The molecule has 0 unspecified atom stereocenters. The van der Waals surface area contributed by atoms with Gasteiger partial charge in [-0.2, -0.15) is 0 Å². The van der Waals surface area contributed by atoms with Gasteiger partial charge in [0.1, 0.15) is 25.3 Å². The van der Waals surface area contributed by atoms with Crippen LogP contribution in [-0.2, 0) is 46.5 Å². The lowest BCUT2D eigenvalue weighted by Crippen LogP contribution is -2.32. The molecule has 1 heterocycles. The van der Waals surface area contributed by atoms with E-state index in [1.807, 2.05) is 60.7 Å². The Labute approximate surface area is 327 Å². The first-order valence-corrected chi connectivity index (χ1v) is 17.1. The van der Waals surface area contributed by atoms with E-state index in [2.05, 4.69) is 30.2 Å². The molecule has 1 aliphatic heterocycles. The Morgan fingerprint density at radius 2 is 1.23 bits per heavy atom. The number of carbonyl (C=O) groups excluding carboxylic acids is 5. The predicted molar refractivity (Wildman–Crippen MR) is 190 cm³/mol. The molecule has 0 radical (unpaired) electrons. The van der Waals surface area contributed by atoms with Crippen molar-refractivity contribution in [1.29, 1.82) is 0 Å². The number of aliphatic carboxylic acids is 1. The number of cyclic esters (lactones) is 2. The van der Waals surface area contributed by atoms with Gasteiger partial charge in [0.2, 0.25) is 0 Å². The Kier molecular flexibility index (Phi) is 21.9. The first kappa shape index (κ1) is 46.4. The van der Waals surface area contributed by atoms with Crippen LogP contribution < -0.4 is 21.7 Å². The van der Waals surface area contributed by atoms with Gasteiger partial charge in [-0.15, -0.1) is 0 Å². The van der Waals surface area contributed by atoms with E-state index in [0.29, 0.717) is 38.8 Å². The van der Waals surface area contributed by atoms with E-state index >= 15 is 0 Å². The fraction of sp³-hybridized carbons (Fsp3) is 0.400. The monoisotopic (exact) mass is 852 g/mol. The van der Waals surface area contributed by atoms with Crippen molar-refractivity contribution in [2.24, 2.45) is 5.73 Å². The van der Waals surface area contributed by atoms with Gasteiger partial charge in [0.25, 0.3) is 0 Å². The number of alkyl carbamates (subject to hydrolysis) is 3. The number of esters is 1. The Morgan fingerprint density at radius 1 is 0.788 bits per heavy atom. The average molecular weight is 855 g/mol. The Balaban J connectivity index is 0.000000406. The van der Waals surface area contributed by atoms with E-state index in [9.17, 15) is 28.8 Å². The van der Waals surface area contributed by atoms with Crippen molar-refractivity contribution in [1.82, 2.24) is 16.0 Å². The van der Waals surface area contributed by atoms with Crippen LogP contribution in [0.2, 0.25) is 0 Å². The molecule has 52 heavy (non-hydrogen) atoms. The van der Waals surface area contributed by atoms with Gasteiger partial charge in [0, 0.05) is 13.1 Å². The van der Waals surface area contributed by atoms with Crippen LogP contribution in [0.5, 0.6) is 0 Å². The number of alkyl halides is 6. The summed E-state index contributed by atoms with van der Waals surface area (Å²) in [6.07, 6.45) is -1.42. The molecule has 2 atom stereocenters. The van der Waals surface area contributed by atoms with E-state index in [-0.39, 0.29) is 13.2 Å². The fourth-order valence-electron chi connectivity index (χ4n) is 3.47. The summed E-state index contributed by atoms with van der Waals surface area (Å²) in [5.41, 5.74) is 7.14. The standard InChI is InChI=1S/C14H16N2O5.C13H18N2O4.C3Cl6O3/c17-12-11(16-14(19)21-12)7-4-8-15-13(18)20-9-10-5-2-1-3-6-10;14-11(12(16)17)7-4-8-15-13(18)19-9-10-5-2-1-3-6-10;4-2(5,6)11-1(10)12-3(7,8)9/h1-3,5-6,11H,4,7-9H2,(H,15,18)(H,16,19);1-3,5-6,11H,4,7-9,14H2,(H,15,18)(H,16,17);/t2*11-;/m00./s1. The third-order valence-corrected chi connectivity index (χ3v) is 6.27. The topological polar surface area (TPSA) is 231 Å². The molecule has 2 aromatic carbocycles. The van der Waals surface area contributed by atoms with Gasteiger partial charge in [0.15, 0.2) is 0 Å². The molecule has 0 aliphatic carbocycles. The average Bonchev–Trinajstić information content (AvgIpc) is 3.38. The molecule has 1 saturated heterocycles. The summed E-state index contributed by atoms with van der Waals surface area (Å²) in [5, 5.41) is 16.1. The minimum atomic E-state index is -2.24. The van der Waals surface area contributed by atoms with Crippen molar-refractivity contribution in [3.63, 3.8) is 0 Å². The summed E-state index contributed by atoms with van der Waals surface area (Å²) in [6.45, 7) is 1.11. The molecular formula is C30H34Cl6N4O12. The lowest BCUT2D eigenvalue weighted by atomic mass is 10.2. The molecule has 0 bridgehead atoms. The number of ether oxygens (including phenoxy) is 5. The van der Waals surface area contributed by atoms with Crippen molar-refractivity contribution in [3.8, 4) is 0 Å². The molecular weight excluding hydrogens is 821 g/mol. The van der Waals surface area contributed by atoms with Crippen LogP contribution in [-0.4, -0.2) is 74.6 Å². The summed E-state index contributed by atoms with van der Waals surface area (Å²) in [7, 11) is 0. The predicted octanol–water partition coefficient (Wildman–Crippen LogP) is 6.23. The number of carbonyl (C=O) groups is 6. The summed E-state index contributed by atoms with van der Waals surface area (Å²) in [5.74, 6) is -1.61.